The molecule has 6 nitrogen and oxygen atoms in total. The SMILES string of the molecule is CCc1ccc(-c2cc(C(=O)N/N=C(\C)c3ccc(NC(=O)c4ccc(C(C)(C)C)cc4)cc3)c3cccc(Cl)c3n2)cc1. The molecule has 5 rings (SSSR count). The molecule has 0 aliphatic rings. The summed E-state index contributed by atoms with van der Waals surface area (Å²) < 4.78 is 0. The number of fused-ring (bicyclic) bond motifs is 1. The molecule has 5 aromatic rings. The van der Waals surface area contributed by atoms with E-state index in [1.54, 1.807) is 18.2 Å². The number of carbonyl (C=O) groups excluding carboxylic acids is 2. The Kier molecular flexibility index (Phi) is 8.93. The van der Waals surface area contributed by atoms with Gasteiger partial charge in [0.15, 0.2) is 0 Å². The zero-order valence-corrected chi connectivity index (χ0v) is 26.3. The lowest BCUT2D eigenvalue weighted by Crippen LogP contribution is -2.20. The minimum Gasteiger partial charge on any atom is -0.322 e. The van der Waals surface area contributed by atoms with E-state index < -0.39 is 0 Å². The van der Waals surface area contributed by atoms with E-state index in [2.05, 4.69) is 55.7 Å². The maximum absolute atomic E-state index is 13.4. The first kappa shape index (κ1) is 30.6. The van der Waals surface area contributed by atoms with Crippen LogP contribution >= 0.6 is 11.6 Å². The third-order valence-corrected chi connectivity index (χ3v) is 7.90. The number of benzene rings is 4. The Hall–Kier alpha value is -4.81. The van der Waals surface area contributed by atoms with Crippen molar-refractivity contribution in [3.8, 4) is 11.3 Å². The molecule has 0 atom stereocenters. The summed E-state index contributed by atoms with van der Waals surface area (Å²) in [5.74, 6) is -0.548. The molecule has 0 aliphatic carbocycles. The summed E-state index contributed by atoms with van der Waals surface area (Å²) in [5, 5.41) is 8.42. The van der Waals surface area contributed by atoms with Gasteiger partial charge in [-0.25, -0.2) is 10.4 Å². The number of pyridine rings is 1. The van der Waals surface area contributed by atoms with E-state index in [-0.39, 0.29) is 17.2 Å². The molecule has 0 unspecified atom stereocenters. The Morgan fingerprint density at radius 3 is 2.14 bits per heavy atom. The topological polar surface area (TPSA) is 83.5 Å². The summed E-state index contributed by atoms with van der Waals surface area (Å²) in [4.78, 5) is 31.0. The minimum atomic E-state index is -0.369. The summed E-state index contributed by atoms with van der Waals surface area (Å²) >= 11 is 6.50. The van der Waals surface area contributed by atoms with Crippen LogP contribution in [0.25, 0.3) is 22.2 Å². The lowest BCUT2D eigenvalue weighted by molar-refractivity contribution is 0.0955. The highest BCUT2D eigenvalue weighted by atomic mass is 35.5. The zero-order chi connectivity index (χ0) is 31.4. The fraction of sp³-hybridized carbons (Fsp3) is 0.189. The quantitative estimate of drug-likeness (QED) is 0.144. The van der Waals surface area contributed by atoms with Gasteiger partial charge in [-0.2, -0.15) is 5.10 Å². The van der Waals surface area contributed by atoms with Crippen LogP contribution in [-0.2, 0) is 11.8 Å². The van der Waals surface area contributed by atoms with Crippen LogP contribution < -0.4 is 10.7 Å². The van der Waals surface area contributed by atoms with Crippen molar-refractivity contribution in [2.24, 2.45) is 5.10 Å². The number of nitrogens with one attached hydrogen (secondary N) is 2. The monoisotopic (exact) mass is 602 g/mol. The summed E-state index contributed by atoms with van der Waals surface area (Å²) in [5.41, 5.74) is 10.3. The number of halogens is 1. The smallest absolute Gasteiger partial charge is 0.272 e. The van der Waals surface area contributed by atoms with Gasteiger partial charge in [-0.05, 0) is 71.8 Å². The fourth-order valence-electron chi connectivity index (χ4n) is 4.84. The van der Waals surface area contributed by atoms with Crippen molar-refractivity contribution in [1.29, 1.82) is 0 Å². The van der Waals surface area contributed by atoms with E-state index in [4.69, 9.17) is 16.6 Å². The van der Waals surface area contributed by atoms with Gasteiger partial charge in [0.25, 0.3) is 11.8 Å². The maximum Gasteiger partial charge on any atom is 0.272 e. The van der Waals surface area contributed by atoms with Crippen molar-refractivity contribution in [2.75, 3.05) is 5.32 Å². The molecule has 1 heterocycles. The van der Waals surface area contributed by atoms with Crippen LogP contribution in [-0.4, -0.2) is 22.5 Å². The summed E-state index contributed by atoms with van der Waals surface area (Å²) in [7, 11) is 0. The van der Waals surface area contributed by atoms with Gasteiger partial charge < -0.3 is 5.32 Å². The number of hydrazone groups is 1. The first-order valence-corrected chi connectivity index (χ1v) is 15.0. The van der Waals surface area contributed by atoms with E-state index in [1.807, 2.05) is 73.7 Å². The van der Waals surface area contributed by atoms with Gasteiger partial charge in [-0.3, -0.25) is 9.59 Å². The van der Waals surface area contributed by atoms with Crippen LogP contribution in [0, 0.1) is 0 Å². The van der Waals surface area contributed by atoms with Crippen LogP contribution in [0.5, 0.6) is 0 Å². The number of aryl methyl sites for hydroxylation is 1. The molecular weight excluding hydrogens is 568 g/mol. The van der Waals surface area contributed by atoms with E-state index in [0.717, 1.165) is 17.5 Å². The van der Waals surface area contributed by atoms with E-state index in [9.17, 15) is 9.59 Å². The number of anilines is 1. The molecule has 2 amide bonds. The first-order chi connectivity index (χ1) is 21.0. The van der Waals surface area contributed by atoms with Crippen molar-refractivity contribution in [3.63, 3.8) is 0 Å². The molecule has 2 N–H and O–H groups in total. The number of amides is 2. The second kappa shape index (κ2) is 12.8. The van der Waals surface area contributed by atoms with Gasteiger partial charge in [0.2, 0.25) is 0 Å². The van der Waals surface area contributed by atoms with Gasteiger partial charge in [0, 0.05) is 22.2 Å². The molecule has 0 saturated carbocycles. The maximum atomic E-state index is 13.4. The van der Waals surface area contributed by atoms with E-state index >= 15 is 0 Å². The number of hydrogen-bond acceptors (Lipinski definition) is 4. The van der Waals surface area contributed by atoms with Crippen molar-refractivity contribution in [3.05, 3.63) is 130 Å². The summed E-state index contributed by atoms with van der Waals surface area (Å²) in [6.45, 7) is 10.3. The molecule has 44 heavy (non-hydrogen) atoms. The molecule has 0 saturated heterocycles. The highest BCUT2D eigenvalue weighted by molar-refractivity contribution is 6.35. The van der Waals surface area contributed by atoms with Gasteiger partial charge in [0.05, 0.1) is 27.5 Å². The van der Waals surface area contributed by atoms with Crippen molar-refractivity contribution in [2.45, 2.75) is 46.5 Å². The average Bonchev–Trinajstić information content (AvgIpc) is 3.03. The molecule has 222 valence electrons. The van der Waals surface area contributed by atoms with Gasteiger partial charge in [-0.15, -0.1) is 0 Å². The average molecular weight is 603 g/mol. The third-order valence-electron chi connectivity index (χ3n) is 7.59. The summed E-state index contributed by atoms with van der Waals surface area (Å²) in [6, 6.07) is 30.3. The van der Waals surface area contributed by atoms with Crippen molar-refractivity contribution in [1.82, 2.24) is 10.4 Å². The third kappa shape index (κ3) is 6.87. The predicted octanol–water partition coefficient (Wildman–Crippen LogP) is 8.82. The van der Waals surface area contributed by atoms with Crippen LogP contribution in [0.3, 0.4) is 0 Å². The lowest BCUT2D eigenvalue weighted by atomic mass is 9.87. The normalized spacial score (nSPS) is 11.8. The molecule has 0 fully saturated rings. The summed E-state index contributed by atoms with van der Waals surface area (Å²) in [6.07, 6.45) is 0.936. The Morgan fingerprint density at radius 1 is 0.841 bits per heavy atom. The Bertz CT molecular complexity index is 1850. The van der Waals surface area contributed by atoms with Gasteiger partial charge in [0.1, 0.15) is 0 Å². The molecule has 4 aromatic carbocycles. The Morgan fingerprint density at radius 2 is 1.50 bits per heavy atom. The van der Waals surface area contributed by atoms with E-state index in [1.165, 1.54) is 11.1 Å². The number of para-hydroxylation sites is 1. The Balaban J connectivity index is 1.31. The fourth-order valence-corrected chi connectivity index (χ4v) is 5.06. The van der Waals surface area contributed by atoms with Crippen LogP contribution in [0.2, 0.25) is 5.02 Å². The minimum absolute atomic E-state index is 0.0214. The zero-order valence-electron chi connectivity index (χ0n) is 25.5. The number of rotatable bonds is 7. The van der Waals surface area contributed by atoms with Crippen molar-refractivity contribution < 1.29 is 9.59 Å². The van der Waals surface area contributed by atoms with Crippen molar-refractivity contribution >= 4 is 45.7 Å². The molecule has 0 spiro atoms. The Labute approximate surface area is 263 Å². The highest BCUT2D eigenvalue weighted by Crippen LogP contribution is 2.29. The largest absolute Gasteiger partial charge is 0.322 e. The molecule has 1 aromatic heterocycles. The number of hydrogen-bond donors (Lipinski definition) is 2. The van der Waals surface area contributed by atoms with Crippen LogP contribution in [0.15, 0.2) is 102 Å². The molecule has 0 radical (unpaired) electrons. The number of nitrogens with zero attached hydrogens (tertiary/aromatic N) is 2. The second-order valence-electron chi connectivity index (χ2n) is 11.7. The molecule has 0 bridgehead atoms. The standard InChI is InChI=1S/C37H35ClN4O2/c1-6-24-10-12-26(13-11-24)33-22-31(30-8-7-9-32(38)34(30)40-33)36(44)42-41-23(2)25-16-20-29(21-17-25)39-35(43)27-14-18-28(19-15-27)37(3,4)5/h7-22H,6H2,1-5H3,(H,39,43)(H,42,44)/b41-23+. The lowest BCUT2D eigenvalue weighted by Gasteiger charge is -2.19. The van der Waals surface area contributed by atoms with E-state index in [0.29, 0.717) is 44.1 Å². The number of carbonyl (C=O) groups is 2. The van der Waals surface area contributed by atoms with Crippen LogP contribution in [0.1, 0.15) is 72.0 Å². The molecule has 0 aliphatic heterocycles. The predicted molar refractivity (Wildman–Crippen MR) is 181 cm³/mol. The second-order valence-corrected chi connectivity index (χ2v) is 12.1. The van der Waals surface area contributed by atoms with Gasteiger partial charge in [-0.1, -0.05) is 100.0 Å². The first-order valence-electron chi connectivity index (χ1n) is 14.6. The van der Waals surface area contributed by atoms with Gasteiger partial charge >= 0.3 is 0 Å². The highest BCUT2D eigenvalue weighted by Gasteiger charge is 2.17. The molecule has 7 heteroatoms. The molecular formula is C37H35ClN4O2. The number of aromatic nitrogens is 1. The van der Waals surface area contributed by atoms with Crippen LogP contribution in [0.4, 0.5) is 5.69 Å².